The highest BCUT2D eigenvalue weighted by Gasteiger charge is 2.39. The third-order valence-corrected chi connectivity index (χ3v) is 4.08. The molecule has 1 aliphatic heterocycles. The maximum Gasteiger partial charge on any atom is 0.207 e. The van der Waals surface area contributed by atoms with Crippen LogP contribution >= 0.6 is 0 Å². The molecule has 1 heterocycles. The van der Waals surface area contributed by atoms with Crippen molar-refractivity contribution in [3.8, 4) is 0 Å². The molecule has 1 aliphatic rings. The average molecular weight is 198 g/mol. The van der Waals surface area contributed by atoms with Gasteiger partial charge in [-0.3, -0.25) is 0 Å². The van der Waals surface area contributed by atoms with Crippen LogP contribution in [0.3, 0.4) is 0 Å². The van der Waals surface area contributed by atoms with Gasteiger partial charge in [0.05, 0.1) is 11.5 Å². The van der Waals surface area contributed by atoms with E-state index in [4.69, 9.17) is 4.74 Å². The molecule has 3 nitrogen and oxygen atoms in total. The van der Waals surface area contributed by atoms with E-state index in [1.54, 1.807) is 25.1 Å². The van der Waals surface area contributed by atoms with E-state index in [1.807, 2.05) is 6.07 Å². The molecule has 1 saturated heterocycles. The van der Waals surface area contributed by atoms with Gasteiger partial charge in [-0.1, -0.05) is 18.2 Å². The Morgan fingerprint density at radius 3 is 2.54 bits per heavy atom. The Labute approximate surface area is 77.3 Å². The molecule has 0 amide bonds. The zero-order valence-corrected chi connectivity index (χ0v) is 8.04. The van der Waals surface area contributed by atoms with Gasteiger partial charge in [0, 0.05) is 0 Å². The van der Waals surface area contributed by atoms with E-state index in [0.29, 0.717) is 11.5 Å². The van der Waals surface area contributed by atoms with Gasteiger partial charge in [-0.25, -0.2) is 8.42 Å². The summed E-state index contributed by atoms with van der Waals surface area (Å²) in [6.07, 6.45) is 0. The van der Waals surface area contributed by atoms with Crippen LogP contribution in [0.1, 0.15) is 5.56 Å². The summed E-state index contributed by atoms with van der Waals surface area (Å²) in [6.45, 7) is 2.12. The Kier molecular flexibility index (Phi) is 1.89. The summed E-state index contributed by atoms with van der Waals surface area (Å²) in [7, 11) is -3.22. The predicted molar refractivity (Wildman–Crippen MR) is 48.1 cm³/mol. The molecule has 4 heteroatoms. The van der Waals surface area contributed by atoms with Crippen LogP contribution in [0.25, 0.3) is 0 Å². The first-order valence-corrected chi connectivity index (χ1v) is 5.58. The normalized spacial score (nSPS) is 21.5. The first-order valence-electron chi connectivity index (χ1n) is 4.03. The van der Waals surface area contributed by atoms with Gasteiger partial charge in [-0.05, 0) is 18.6 Å². The molecular formula is C9H10O3S. The van der Waals surface area contributed by atoms with Gasteiger partial charge in [-0.15, -0.1) is 0 Å². The number of rotatable bonds is 2. The Bertz CT molecular complexity index is 418. The predicted octanol–water partition coefficient (Wildman–Crippen LogP) is 1.13. The zero-order chi connectivity index (χ0) is 9.47. The topological polar surface area (TPSA) is 46.7 Å². The molecule has 1 aromatic carbocycles. The fourth-order valence-electron chi connectivity index (χ4n) is 1.24. The van der Waals surface area contributed by atoms with Gasteiger partial charge in [0.1, 0.15) is 0 Å². The first kappa shape index (κ1) is 8.72. The van der Waals surface area contributed by atoms with E-state index >= 15 is 0 Å². The Hall–Kier alpha value is -0.870. The second-order valence-electron chi connectivity index (χ2n) is 3.07. The molecule has 2 rings (SSSR count). The number of benzene rings is 1. The standard InChI is InChI=1S/C9H10O3S/c1-7-4-2-3-5-8(7)13(10,11)9-6-12-9/h2-5,9H,6H2,1H3. The highest BCUT2D eigenvalue weighted by atomic mass is 32.2. The van der Waals surface area contributed by atoms with Crippen LogP contribution in [0, 0.1) is 6.92 Å². The molecule has 0 bridgehead atoms. The highest BCUT2D eigenvalue weighted by molar-refractivity contribution is 7.92. The monoisotopic (exact) mass is 198 g/mol. The molecule has 1 fully saturated rings. The molecule has 0 radical (unpaired) electrons. The van der Waals surface area contributed by atoms with Crippen LogP contribution in [-0.2, 0) is 14.6 Å². The van der Waals surface area contributed by atoms with Gasteiger partial charge in [0.15, 0.2) is 5.44 Å². The van der Waals surface area contributed by atoms with Crippen LogP contribution < -0.4 is 0 Å². The summed E-state index contributed by atoms with van der Waals surface area (Å²) in [4.78, 5) is 0.387. The van der Waals surface area contributed by atoms with Crippen LogP contribution in [-0.4, -0.2) is 20.5 Å². The maximum atomic E-state index is 11.7. The van der Waals surface area contributed by atoms with Gasteiger partial charge in [0.25, 0.3) is 0 Å². The Morgan fingerprint density at radius 2 is 2.00 bits per heavy atom. The minimum absolute atomic E-state index is 0.330. The number of aryl methyl sites for hydroxylation is 1. The van der Waals surface area contributed by atoms with E-state index in [-0.39, 0.29) is 0 Å². The number of sulfone groups is 1. The van der Waals surface area contributed by atoms with E-state index in [9.17, 15) is 8.42 Å². The molecule has 0 aliphatic carbocycles. The van der Waals surface area contributed by atoms with Crippen molar-refractivity contribution in [3.05, 3.63) is 29.8 Å². The van der Waals surface area contributed by atoms with Crippen molar-refractivity contribution in [1.29, 1.82) is 0 Å². The van der Waals surface area contributed by atoms with E-state index in [1.165, 1.54) is 0 Å². The van der Waals surface area contributed by atoms with Crippen molar-refractivity contribution in [2.45, 2.75) is 17.3 Å². The number of hydrogen-bond donors (Lipinski definition) is 0. The van der Waals surface area contributed by atoms with E-state index in [2.05, 4.69) is 0 Å². The van der Waals surface area contributed by atoms with Crippen molar-refractivity contribution in [3.63, 3.8) is 0 Å². The molecule has 0 saturated carbocycles. The van der Waals surface area contributed by atoms with Crippen LogP contribution in [0.15, 0.2) is 29.2 Å². The third kappa shape index (κ3) is 1.47. The van der Waals surface area contributed by atoms with E-state index in [0.717, 1.165) is 5.56 Å². The lowest BCUT2D eigenvalue weighted by Gasteiger charge is -2.03. The second kappa shape index (κ2) is 2.82. The van der Waals surface area contributed by atoms with Crippen LogP contribution in [0.5, 0.6) is 0 Å². The third-order valence-electron chi connectivity index (χ3n) is 2.05. The molecular weight excluding hydrogens is 188 g/mol. The summed E-state index contributed by atoms with van der Waals surface area (Å²) in [6, 6.07) is 6.95. The second-order valence-corrected chi connectivity index (χ2v) is 5.13. The average Bonchev–Trinajstić information content (AvgIpc) is 2.86. The van der Waals surface area contributed by atoms with Crippen molar-refractivity contribution in [2.24, 2.45) is 0 Å². The van der Waals surface area contributed by atoms with Gasteiger partial charge < -0.3 is 4.74 Å². The van der Waals surface area contributed by atoms with Crippen molar-refractivity contribution in [1.82, 2.24) is 0 Å². The summed E-state index contributed by atoms with van der Waals surface area (Å²) in [5.74, 6) is 0. The lowest BCUT2D eigenvalue weighted by atomic mass is 10.2. The molecule has 1 atom stereocenters. The van der Waals surface area contributed by atoms with Gasteiger partial charge in [-0.2, -0.15) is 0 Å². The van der Waals surface area contributed by atoms with Gasteiger partial charge >= 0.3 is 0 Å². The number of ether oxygens (including phenoxy) is 1. The lowest BCUT2D eigenvalue weighted by molar-refractivity contribution is 0.445. The van der Waals surface area contributed by atoms with Crippen LogP contribution in [0.2, 0.25) is 0 Å². The first-order chi connectivity index (χ1) is 6.12. The summed E-state index contributed by atoms with van der Waals surface area (Å²) in [5, 5.41) is 0. The highest BCUT2D eigenvalue weighted by Crippen LogP contribution is 2.26. The van der Waals surface area contributed by atoms with Crippen molar-refractivity contribution >= 4 is 9.84 Å². The molecule has 0 aromatic heterocycles. The largest absolute Gasteiger partial charge is 0.356 e. The maximum absolute atomic E-state index is 11.7. The molecule has 0 N–H and O–H groups in total. The summed E-state index contributed by atoms with van der Waals surface area (Å²) in [5.41, 5.74) is 0.173. The van der Waals surface area contributed by atoms with E-state index < -0.39 is 15.3 Å². The minimum atomic E-state index is -3.22. The smallest absolute Gasteiger partial charge is 0.207 e. The Morgan fingerprint density at radius 1 is 1.38 bits per heavy atom. The zero-order valence-electron chi connectivity index (χ0n) is 7.23. The lowest BCUT2D eigenvalue weighted by Crippen LogP contribution is -2.09. The fourth-order valence-corrected chi connectivity index (χ4v) is 2.74. The molecule has 1 unspecified atom stereocenters. The molecule has 0 spiro atoms. The van der Waals surface area contributed by atoms with Crippen molar-refractivity contribution < 1.29 is 13.2 Å². The summed E-state index contributed by atoms with van der Waals surface area (Å²) < 4.78 is 28.2. The SMILES string of the molecule is Cc1ccccc1S(=O)(=O)C1CO1. The molecule has 70 valence electrons. The fraction of sp³-hybridized carbons (Fsp3) is 0.333. The minimum Gasteiger partial charge on any atom is -0.356 e. The molecule has 13 heavy (non-hydrogen) atoms. The molecule has 1 aromatic rings. The van der Waals surface area contributed by atoms with Crippen molar-refractivity contribution in [2.75, 3.05) is 6.61 Å². The van der Waals surface area contributed by atoms with Crippen LogP contribution in [0.4, 0.5) is 0 Å². The number of epoxide rings is 1. The quantitative estimate of drug-likeness (QED) is 0.669. The number of hydrogen-bond acceptors (Lipinski definition) is 3. The van der Waals surface area contributed by atoms with Gasteiger partial charge in [0.2, 0.25) is 9.84 Å². The Balaban J connectivity index is 2.51. The summed E-state index contributed by atoms with van der Waals surface area (Å²) >= 11 is 0.